The topological polar surface area (TPSA) is 35.5 Å². The zero-order valence-electron chi connectivity index (χ0n) is 11.5. The molecule has 106 valence electrons. The fraction of sp³-hybridized carbons (Fsp3) is 0.438. The van der Waals surface area contributed by atoms with Crippen molar-refractivity contribution in [2.45, 2.75) is 18.1 Å². The van der Waals surface area contributed by atoms with Crippen molar-refractivity contribution in [2.75, 3.05) is 14.2 Å². The molecule has 0 aromatic heterocycles. The fourth-order valence-corrected chi connectivity index (χ4v) is 4.58. The van der Waals surface area contributed by atoms with Gasteiger partial charge >= 0.3 is 0 Å². The van der Waals surface area contributed by atoms with Gasteiger partial charge in [0, 0.05) is 20.1 Å². The second-order valence-electron chi connectivity index (χ2n) is 5.32. The normalized spacial score (nSPS) is 31.2. The molecule has 1 saturated carbocycles. The zero-order chi connectivity index (χ0) is 14.3. The van der Waals surface area contributed by atoms with E-state index in [1.807, 2.05) is 18.2 Å². The van der Waals surface area contributed by atoms with Gasteiger partial charge in [0.25, 0.3) is 0 Å². The molecule has 3 atom stereocenters. The largest absolute Gasteiger partial charge is 0.346 e. The predicted octanol–water partition coefficient (Wildman–Crippen LogP) is 3.30. The Morgan fingerprint density at radius 3 is 2.45 bits per heavy atom. The van der Waals surface area contributed by atoms with Crippen LogP contribution in [0.5, 0.6) is 0 Å². The Labute approximate surface area is 132 Å². The summed E-state index contributed by atoms with van der Waals surface area (Å²) in [4.78, 5) is 12.8. The molecule has 0 N–H and O–H groups in total. The number of halogens is 1. The van der Waals surface area contributed by atoms with E-state index >= 15 is 0 Å². The van der Waals surface area contributed by atoms with Gasteiger partial charge in [0.15, 0.2) is 5.78 Å². The SMILES string of the molecule is COC1(OC)C(=O)[C@H]2C=C(I)[C@@H]1C[C@@H]2c1ccccc1. The van der Waals surface area contributed by atoms with E-state index in [4.69, 9.17) is 9.47 Å². The first-order chi connectivity index (χ1) is 9.64. The number of hydrogen-bond donors (Lipinski definition) is 0. The van der Waals surface area contributed by atoms with Crippen LogP contribution in [-0.2, 0) is 14.3 Å². The number of carbonyl (C=O) groups excluding carboxylic acids is 1. The molecular weight excluding hydrogens is 367 g/mol. The Balaban J connectivity index is 2.03. The highest BCUT2D eigenvalue weighted by molar-refractivity contribution is 14.1. The molecule has 4 heteroatoms. The van der Waals surface area contributed by atoms with E-state index in [1.54, 1.807) is 14.2 Å². The number of benzene rings is 1. The van der Waals surface area contributed by atoms with Gasteiger partial charge in [-0.05, 0) is 44.1 Å². The number of ether oxygens (including phenoxy) is 2. The van der Waals surface area contributed by atoms with Crippen LogP contribution in [0.25, 0.3) is 0 Å². The number of hydrogen-bond acceptors (Lipinski definition) is 3. The molecule has 0 spiro atoms. The lowest BCUT2D eigenvalue weighted by Crippen LogP contribution is -2.59. The Bertz CT molecular complexity index is 548. The van der Waals surface area contributed by atoms with Crippen LogP contribution in [-0.4, -0.2) is 25.8 Å². The quantitative estimate of drug-likeness (QED) is 0.593. The second-order valence-corrected chi connectivity index (χ2v) is 6.57. The zero-order valence-corrected chi connectivity index (χ0v) is 13.7. The summed E-state index contributed by atoms with van der Waals surface area (Å²) in [6, 6.07) is 10.2. The van der Waals surface area contributed by atoms with E-state index in [0.717, 1.165) is 6.42 Å². The van der Waals surface area contributed by atoms with Crippen LogP contribution in [0.3, 0.4) is 0 Å². The maximum absolute atomic E-state index is 12.8. The summed E-state index contributed by atoms with van der Waals surface area (Å²) in [5.41, 5.74) is 1.22. The minimum Gasteiger partial charge on any atom is -0.346 e. The van der Waals surface area contributed by atoms with Crippen LogP contribution in [0.2, 0.25) is 0 Å². The van der Waals surface area contributed by atoms with Gasteiger partial charge in [-0.25, -0.2) is 0 Å². The third-order valence-corrected chi connectivity index (χ3v) is 5.65. The lowest BCUT2D eigenvalue weighted by molar-refractivity contribution is -0.237. The van der Waals surface area contributed by atoms with Crippen molar-refractivity contribution in [1.82, 2.24) is 0 Å². The predicted molar refractivity (Wildman–Crippen MR) is 84.6 cm³/mol. The maximum Gasteiger partial charge on any atom is 0.236 e. The van der Waals surface area contributed by atoms with Crippen molar-refractivity contribution >= 4 is 28.4 Å². The van der Waals surface area contributed by atoms with Crippen LogP contribution in [0.4, 0.5) is 0 Å². The molecule has 0 saturated heterocycles. The first-order valence-corrected chi connectivity index (χ1v) is 7.78. The van der Waals surface area contributed by atoms with Crippen LogP contribution in [0, 0.1) is 11.8 Å². The van der Waals surface area contributed by atoms with Gasteiger partial charge in [-0.3, -0.25) is 4.79 Å². The molecule has 20 heavy (non-hydrogen) atoms. The minimum atomic E-state index is -1.10. The van der Waals surface area contributed by atoms with E-state index in [-0.39, 0.29) is 23.5 Å². The molecule has 0 unspecified atom stereocenters. The standard InChI is InChI=1S/C16H17IO3/c1-19-16(20-2)13-8-11(10-6-4-3-5-7-10)12(15(16)18)9-14(13)17/h3-7,9,11-13H,8H2,1-2H3/t11-,12+,13+/m1/s1. The highest BCUT2D eigenvalue weighted by atomic mass is 127. The number of ketones is 1. The summed E-state index contributed by atoms with van der Waals surface area (Å²) in [7, 11) is 3.12. The maximum atomic E-state index is 12.8. The van der Waals surface area contributed by atoms with E-state index in [0.29, 0.717) is 0 Å². The average Bonchev–Trinajstić information content (AvgIpc) is 2.50. The Hall–Kier alpha value is -0.720. The third-order valence-electron chi connectivity index (χ3n) is 4.53. The first kappa shape index (κ1) is 14.2. The molecule has 1 aromatic rings. The van der Waals surface area contributed by atoms with Crippen LogP contribution < -0.4 is 0 Å². The van der Waals surface area contributed by atoms with Gasteiger partial charge in [-0.2, -0.15) is 0 Å². The third kappa shape index (κ3) is 1.89. The summed E-state index contributed by atoms with van der Waals surface area (Å²) in [5.74, 6) is -0.991. The minimum absolute atomic E-state index is 0.0131. The Kier molecular flexibility index (Phi) is 3.73. The van der Waals surface area contributed by atoms with Crippen molar-refractivity contribution in [3.63, 3.8) is 0 Å². The van der Waals surface area contributed by atoms with Crippen molar-refractivity contribution in [3.05, 3.63) is 45.6 Å². The molecule has 4 rings (SSSR count). The lowest BCUT2D eigenvalue weighted by Gasteiger charge is -2.49. The highest BCUT2D eigenvalue weighted by Crippen LogP contribution is 2.54. The van der Waals surface area contributed by atoms with Crippen LogP contribution in [0.1, 0.15) is 17.9 Å². The van der Waals surface area contributed by atoms with Crippen molar-refractivity contribution in [1.29, 1.82) is 0 Å². The summed E-state index contributed by atoms with van der Waals surface area (Å²) in [6.07, 6.45) is 2.97. The Morgan fingerprint density at radius 1 is 1.20 bits per heavy atom. The molecule has 0 amide bonds. The van der Waals surface area contributed by atoms with Crippen molar-refractivity contribution < 1.29 is 14.3 Å². The molecule has 1 fully saturated rings. The van der Waals surface area contributed by atoms with Gasteiger partial charge in [-0.1, -0.05) is 36.4 Å². The summed E-state index contributed by atoms with van der Waals surface area (Å²) in [6.45, 7) is 0. The number of carbonyl (C=O) groups is 1. The molecule has 0 radical (unpaired) electrons. The molecular formula is C16H17IO3. The molecule has 3 aliphatic carbocycles. The highest BCUT2D eigenvalue weighted by Gasteiger charge is 2.59. The molecule has 3 aliphatic rings. The summed E-state index contributed by atoms with van der Waals surface area (Å²) in [5, 5.41) is 0. The first-order valence-electron chi connectivity index (χ1n) is 6.71. The molecule has 0 heterocycles. The van der Waals surface area contributed by atoms with E-state index in [2.05, 4.69) is 40.8 Å². The number of methoxy groups -OCH3 is 2. The van der Waals surface area contributed by atoms with Gasteiger partial charge in [0.1, 0.15) is 0 Å². The van der Waals surface area contributed by atoms with Crippen LogP contribution >= 0.6 is 22.6 Å². The number of fused-ring (bicyclic) bond motifs is 2. The molecule has 2 bridgehead atoms. The van der Waals surface area contributed by atoms with E-state index < -0.39 is 5.79 Å². The lowest BCUT2D eigenvalue weighted by atomic mass is 9.63. The Morgan fingerprint density at radius 2 is 1.85 bits per heavy atom. The molecule has 1 aromatic carbocycles. The van der Waals surface area contributed by atoms with E-state index in [1.165, 1.54) is 9.14 Å². The van der Waals surface area contributed by atoms with Gasteiger partial charge < -0.3 is 9.47 Å². The van der Waals surface area contributed by atoms with Crippen molar-refractivity contribution in [2.24, 2.45) is 11.8 Å². The number of allylic oxidation sites excluding steroid dienone is 1. The average molecular weight is 384 g/mol. The van der Waals surface area contributed by atoms with E-state index in [9.17, 15) is 4.79 Å². The van der Waals surface area contributed by atoms with Crippen molar-refractivity contribution in [3.8, 4) is 0 Å². The van der Waals surface area contributed by atoms with Gasteiger partial charge in [0.05, 0.1) is 5.92 Å². The molecule has 3 nitrogen and oxygen atoms in total. The smallest absolute Gasteiger partial charge is 0.236 e. The summed E-state index contributed by atoms with van der Waals surface area (Å²) < 4.78 is 12.2. The van der Waals surface area contributed by atoms with Crippen LogP contribution in [0.15, 0.2) is 40.0 Å². The molecule has 0 aliphatic heterocycles. The van der Waals surface area contributed by atoms with Gasteiger partial charge in [-0.15, -0.1) is 0 Å². The second kappa shape index (κ2) is 5.24. The number of Topliss-reactive ketones (excluding diaryl/α,β-unsaturated/α-hetero) is 1. The summed E-state index contributed by atoms with van der Waals surface area (Å²) >= 11 is 2.31. The monoisotopic (exact) mass is 384 g/mol. The fourth-order valence-electron chi connectivity index (χ4n) is 3.53. The number of rotatable bonds is 3. The van der Waals surface area contributed by atoms with Gasteiger partial charge in [0.2, 0.25) is 5.79 Å².